The molecule has 0 aliphatic carbocycles. The lowest BCUT2D eigenvalue weighted by molar-refractivity contribution is 1.05. The summed E-state index contributed by atoms with van der Waals surface area (Å²) >= 11 is 18.4. The third-order valence-electron chi connectivity index (χ3n) is 2.89. The summed E-state index contributed by atoms with van der Waals surface area (Å²) in [5, 5.41) is 10.5. The summed E-state index contributed by atoms with van der Waals surface area (Å²) in [6.45, 7) is 1.87. The number of benzene rings is 1. The molecular formula is C14H8Cl3N3. The van der Waals surface area contributed by atoms with Gasteiger partial charge in [-0.1, -0.05) is 34.8 Å². The minimum absolute atomic E-state index is 0.499. The number of hydrogen-bond donors (Lipinski definition) is 0. The lowest BCUT2D eigenvalue weighted by Gasteiger charge is -2.08. The fourth-order valence-corrected chi connectivity index (χ4v) is 2.80. The number of nitrogens with zero attached hydrogens (tertiary/aromatic N) is 3. The van der Waals surface area contributed by atoms with Crippen LogP contribution in [0.5, 0.6) is 0 Å². The van der Waals surface area contributed by atoms with Gasteiger partial charge in [0.25, 0.3) is 0 Å². The lowest BCUT2D eigenvalue weighted by atomic mass is 10.1. The Morgan fingerprint density at radius 1 is 1.00 bits per heavy atom. The van der Waals surface area contributed by atoms with Crippen molar-refractivity contribution in [3.63, 3.8) is 0 Å². The van der Waals surface area contributed by atoms with Gasteiger partial charge in [-0.05, 0) is 31.2 Å². The topological polar surface area (TPSA) is 38.7 Å². The van der Waals surface area contributed by atoms with Gasteiger partial charge in [0.05, 0.1) is 16.2 Å². The van der Waals surface area contributed by atoms with E-state index in [4.69, 9.17) is 34.8 Å². The largest absolute Gasteiger partial charge is 0.251 e. The fourth-order valence-electron chi connectivity index (χ4n) is 2.00. The Labute approximate surface area is 130 Å². The van der Waals surface area contributed by atoms with E-state index in [0.29, 0.717) is 26.3 Å². The van der Waals surface area contributed by atoms with Crippen LogP contribution in [0, 0.1) is 6.92 Å². The smallest absolute Gasteiger partial charge is 0.121 e. The highest BCUT2D eigenvalue weighted by Crippen LogP contribution is 2.34. The highest BCUT2D eigenvalue weighted by atomic mass is 35.5. The van der Waals surface area contributed by atoms with Crippen LogP contribution in [0.25, 0.3) is 22.2 Å². The van der Waals surface area contributed by atoms with Crippen LogP contribution in [0.15, 0.2) is 30.5 Å². The highest BCUT2D eigenvalue weighted by Gasteiger charge is 2.13. The predicted molar refractivity (Wildman–Crippen MR) is 82.5 cm³/mol. The van der Waals surface area contributed by atoms with Gasteiger partial charge in [0, 0.05) is 21.7 Å². The van der Waals surface area contributed by atoms with Crippen LogP contribution in [0.2, 0.25) is 15.1 Å². The van der Waals surface area contributed by atoms with Crippen LogP contribution < -0.4 is 0 Å². The zero-order valence-corrected chi connectivity index (χ0v) is 12.6. The SMILES string of the molecule is Cc1cc(Cl)c2cnnc(-c3ccc(Cl)cc3Cl)c2n1. The van der Waals surface area contributed by atoms with Gasteiger partial charge >= 0.3 is 0 Å². The molecule has 0 saturated heterocycles. The minimum atomic E-state index is 0.499. The molecule has 0 unspecified atom stereocenters. The molecule has 0 radical (unpaired) electrons. The number of pyridine rings is 1. The normalized spacial score (nSPS) is 11.0. The Bertz CT molecular complexity index is 818. The lowest BCUT2D eigenvalue weighted by Crippen LogP contribution is -1.95. The van der Waals surface area contributed by atoms with Crippen molar-refractivity contribution in [2.45, 2.75) is 6.92 Å². The van der Waals surface area contributed by atoms with E-state index in [1.165, 1.54) is 0 Å². The zero-order valence-electron chi connectivity index (χ0n) is 10.4. The Hall–Kier alpha value is -1.42. The van der Waals surface area contributed by atoms with E-state index in [2.05, 4.69) is 15.2 Å². The zero-order chi connectivity index (χ0) is 14.3. The number of rotatable bonds is 1. The molecule has 100 valence electrons. The Morgan fingerprint density at radius 3 is 2.55 bits per heavy atom. The van der Waals surface area contributed by atoms with Crippen molar-refractivity contribution < 1.29 is 0 Å². The Morgan fingerprint density at radius 2 is 1.80 bits per heavy atom. The summed E-state index contributed by atoms with van der Waals surface area (Å²) in [6.07, 6.45) is 1.59. The van der Waals surface area contributed by atoms with E-state index in [9.17, 15) is 0 Å². The summed E-state index contributed by atoms with van der Waals surface area (Å²) in [6, 6.07) is 7.00. The second-order valence-corrected chi connectivity index (χ2v) is 5.58. The quantitative estimate of drug-likeness (QED) is 0.635. The molecule has 2 heterocycles. The van der Waals surface area contributed by atoms with Crippen molar-refractivity contribution in [3.8, 4) is 11.3 Å². The molecule has 2 aromatic heterocycles. The summed E-state index contributed by atoms with van der Waals surface area (Å²) < 4.78 is 0. The molecule has 3 aromatic rings. The number of fused-ring (bicyclic) bond motifs is 1. The summed E-state index contributed by atoms with van der Waals surface area (Å²) in [7, 11) is 0. The Kier molecular flexibility index (Phi) is 3.50. The van der Waals surface area contributed by atoms with Crippen molar-refractivity contribution in [1.82, 2.24) is 15.2 Å². The third kappa shape index (κ3) is 2.33. The van der Waals surface area contributed by atoms with Crippen LogP contribution in [-0.2, 0) is 0 Å². The van der Waals surface area contributed by atoms with Gasteiger partial charge in [-0.2, -0.15) is 5.10 Å². The maximum Gasteiger partial charge on any atom is 0.121 e. The number of halogens is 3. The third-order valence-corrected chi connectivity index (χ3v) is 3.75. The van der Waals surface area contributed by atoms with Crippen LogP contribution in [0.4, 0.5) is 0 Å². The monoisotopic (exact) mass is 323 g/mol. The van der Waals surface area contributed by atoms with Gasteiger partial charge in [-0.15, -0.1) is 5.10 Å². The van der Waals surface area contributed by atoms with E-state index in [-0.39, 0.29) is 0 Å². The van der Waals surface area contributed by atoms with Gasteiger partial charge < -0.3 is 0 Å². The van der Waals surface area contributed by atoms with Crippen LogP contribution >= 0.6 is 34.8 Å². The second kappa shape index (κ2) is 5.17. The van der Waals surface area contributed by atoms with Crippen molar-refractivity contribution in [1.29, 1.82) is 0 Å². The van der Waals surface area contributed by atoms with Crippen molar-refractivity contribution in [3.05, 3.63) is 51.2 Å². The molecule has 0 saturated carbocycles. The van der Waals surface area contributed by atoms with Gasteiger partial charge in [-0.25, -0.2) is 0 Å². The number of aromatic nitrogens is 3. The molecule has 0 aliphatic heterocycles. The molecule has 0 atom stereocenters. The van der Waals surface area contributed by atoms with Crippen LogP contribution in [0.3, 0.4) is 0 Å². The maximum absolute atomic E-state index is 6.23. The molecule has 0 bridgehead atoms. The van der Waals surface area contributed by atoms with E-state index in [1.807, 2.05) is 6.92 Å². The van der Waals surface area contributed by atoms with Crippen molar-refractivity contribution in [2.75, 3.05) is 0 Å². The Balaban J connectivity index is 2.36. The maximum atomic E-state index is 6.23. The van der Waals surface area contributed by atoms with E-state index < -0.39 is 0 Å². The molecule has 20 heavy (non-hydrogen) atoms. The molecule has 0 fully saturated rings. The van der Waals surface area contributed by atoms with Crippen molar-refractivity contribution in [2.24, 2.45) is 0 Å². The first-order valence-corrected chi connectivity index (χ1v) is 6.93. The van der Waals surface area contributed by atoms with Crippen LogP contribution in [0.1, 0.15) is 5.69 Å². The van der Waals surface area contributed by atoms with Crippen molar-refractivity contribution >= 4 is 45.7 Å². The van der Waals surface area contributed by atoms with Gasteiger partial charge in [0.2, 0.25) is 0 Å². The summed E-state index contributed by atoms with van der Waals surface area (Å²) in [5.41, 5.74) is 2.80. The number of hydrogen-bond acceptors (Lipinski definition) is 3. The summed E-state index contributed by atoms with van der Waals surface area (Å²) in [5.74, 6) is 0. The highest BCUT2D eigenvalue weighted by molar-refractivity contribution is 6.37. The standard InChI is InChI=1S/C14H8Cl3N3/c1-7-4-11(16)10-6-18-20-14(13(10)19-7)9-3-2-8(15)5-12(9)17/h2-6H,1H3. The molecule has 3 rings (SSSR count). The first-order chi connectivity index (χ1) is 9.56. The molecule has 1 aromatic carbocycles. The average Bonchev–Trinajstić information content (AvgIpc) is 2.38. The van der Waals surface area contributed by atoms with E-state index in [1.54, 1.807) is 30.5 Å². The molecule has 0 N–H and O–H groups in total. The molecule has 3 nitrogen and oxygen atoms in total. The second-order valence-electron chi connectivity index (χ2n) is 4.33. The van der Waals surface area contributed by atoms with Gasteiger partial charge in [0.1, 0.15) is 11.2 Å². The molecule has 6 heteroatoms. The van der Waals surface area contributed by atoms with Gasteiger partial charge in [0.15, 0.2) is 0 Å². The predicted octanol–water partition coefficient (Wildman–Crippen LogP) is 4.96. The first-order valence-electron chi connectivity index (χ1n) is 5.80. The molecule has 0 amide bonds. The molecule has 0 aliphatic rings. The number of aryl methyl sites for hydroxylation is 1. The first kappa shape index (κ1) is 13.6. The summed E-state index contributed by atoms with van der Waals surface area (Å²) in [4.78, 5) is 4.50. The van der Waals surface area contributed by atoms with Crippen LogP contribution in [-0.4, -0.2) is 15.2 Å². The van der Waals surface area contributed by atoms with Gasteiger partial charge in [-0.3, -0.25) is 4.98 Å². The minimum Gasteiger partial charge on any atom is -0.251 e. The fraction of sp³-hybridized carbons (Fsp3) is 0.0714. The molecule has 0 spiro atoms. The molecular weight excluding hydrogens is 317 g/mol. The van der Waals surface area contributed by atoms with E-state index in [0.717, 1.165) is 16.6 Å². The average molecular weight is 325 g/mol. The van der Waals surface area contributed by atoms with E-state index >= 15 is 0 Å².